The molecule has 1 rings (SSSR count). The lowest BCUT2D eigenvalue weighted by atomic mass is 9.81. The molecule has 2 atom stereocenters. The Kier molecular flexibility index (Phi) is 5.88. The van der Waals surface area contributed by atoms with Crippen molar-refractivity contribution in [2.24, 2.45) is 11.3 Å². The smallest absolute Gasteiger partial charge is 0.0278 e. The van der Waals surface area contributed by atoms with Gasteiger partial charge in [-0.1, -0.05) is 41.5 Å². The quantitative estimate of drug-likeness (QED) is 0.813. The van der Waals surface area contributed by atoms with Gasteiger partial charge in [0, 0.05) is 24.7 Å². The van der Waals surface area contributed by atoms with Gasteiger partial charge in [-0.2, -0.15) is 0 Å². The molecule has 2 heteroatoms. The van der Waals surface area contributed by atoms with Crippen LogP contribution in [0.1, 0.15) is 67.7 Å². The van der Waals surface area contributed by atoms with E-state index in [9.17, 15) is 0 Å². The van der Waals surface area contributed by atoms with Crippen molar-refractivity contribution < 1.29 is 0 Å². The Bertz CT molecular complexity index is 267. The summed E-state index contributed by atoms with van der Waals surface area (Å²) in [7, 11) is 0. The van der Waals surface area contributed by atoms with E-state index in [0.717, 1.165) is 12.5 Å². The molecule has 0 radical (unpaired) electrons. The largest absolute Gasteiger partial charge is 0.309 e. The molecular weight excluding hydrogens is 232 g/mol. The first kappa shape index (κ1) is 17.0. The molecule has 2 unspecified atom stereocenters. The summed E-state index contributed by atoms with van der Waals surface area (Å²) in [5.41, 5.74) is 0.666. The highest BCUT2D eigenvalue weighted by atomic mass is 15.3. The third kappa shape index (κ3) is 5.07. The van der Waals surface area contributed by atoms with Gasteiger partial charge in [-0.15, -0.1) is 0 Å². The summed E-state index contributed by atoms with van der Waals surface area (Å²) < 4.78 is 0. The molecule has 1 fully saturated rings. The summed E-state index contributed by atoms with van der Waals surface area (Å²) in [6.07, 6.45) is 3.90. The normalized spacial score (nSPS) is 30.0. The van der Waals surface area contributed by atoms with Crippen molar-refractivity contribution in [2.75, 3.05) is 19.6 Å². The number of rotatable bonds is 5. The van der Waals surface area contributed by atoms with Gasteiger partial charge < -0.3 is 5.32 Å². The third-order valence-corrected chi connectivity index (χ3v) is 4.72. The first-order valence-electron chi connectivity index (χ1n) is 8.17. The molecule has 1 aliphatic rings. The zero-order valence-electron chi connectivity index (χ0n) is 14.3. The van der Waals surface area contributed by atoms with Crippen LogP contribution in [0, 0.1) is 11.3 Å². The molecule has 1 saturated heterocycles. The van der Waals surface area contributed by atoms with E-state index in [0.29, 0.717) is 17.0 Å². The zero-order valence-corrected chi connectivity index (χ0v) is 14.3. The Labute approximate surface area is 121 Å². The van der Waals surface area contributed by atoms with Gasteiger partial charge in [0.15, 0.2) is 0 Å². The highest BCUT2D eigenvalue weighted by Crippen LogP contribution is 2.30. The SMILES string of the molecule is CCC1(C)CN(CCCC(C)C)C(C(C)(C)C)CN1. The van der Waals surface area contributed by atoms with Crippen LogP contribution in [0.2, 0.25) is 0 Å². The van der Waals surface area contributed by atoms with E-state index in [4.69, 9.17) is 0 Å². The predicted molar refractivity (Wildman–Crippen MR) is 85.6 cm³/mol. The second kappa shape index (κ2) is 6.58. The number of piperazine rings is 1. The van der Waals surface area contributed by atoms with Crippen molar-refractivity contribution in [1.29, 1.82) is 0 Å². The number of hydrogen-bond donors (Lipinski definition) is 1. The van der Waals surface area contributed by atoms with Crippen molar-refractivity contribution in [3.8, 4) is 0 Å². The van der Waals surface area contributed by atoms with Gasteiger partial charge in [0.2, 0.25) is 0 Å². The molecular formula is C17H36N2. The van der Waals surface area contributed by atoms with E-state index >= 15 is 0 Å². The van der Waals surface area contributed by atoms with Gasteiger partial charge >= 0.3 is 0 Å². The minimum Gasteiger partial charge on any atom is -0.309 e. The van der Waals surface area contributed by atoms with Crippen LogP contribution < -0.4 is 5.32 Å². The van der Waals surface area contributed by atoms with Crippen LogP contribution in [0.5, 0.6) is 0 Å². The van der Waals surface area contributed by atoms with Crippen LogP contribution in [-0.4, -0.2) is 36.1 Å². The van der Waals surface area contributed by atoms with Crippen molar-refractivity contribution in [1.82, 2.24) is 10.2 Å². The highest BCUT2D eigenvalue weighted by molar-refractivity contribution is 4.98. The fraction of sp³-hybridized carbons (Fsp3) is 1.00. The Balaban J connectivity index is 2.66. The second-order valence-corrected chi connectivity index (χ2v) is 8.18. The minimum absolute atomic E-state index is 0.305. The molecule has 0 aromatic heterocycles. The van der Waals surface area contributed by atoms with Gasteiger partial charge in [-0.3, -0.25) is 4.90 Å². The Morgan fingerprint density at radius 1 is 1.32 bits per heavy atom. The van der Waals surface area contributed by atoms with Crippen molar-refractivity contribution >= 4 is 0 Å². The summed E-state index contributed by atoms with van der Waals surface area (Å²) in [4.78, 5) is 2.75. The van der Waals surface area contributed by atoms with Gasteiger partial charge in [-0.05, 0) is 44.1 Å². The van der Waals surface area contributed by atoms with Crippen LogP contribution in [0.25, 0.3) is 0 Å². The number of nitrogens with zero attached hydrogens (tertiary/aromatic N) is 1. The van der Waals surface area contributed by atoms with Gasteiger partial charge in [0.05, 0.1) is 0 Å². The average Bonchev–Trinajstić information content (AvgIpc) is 2.27. The Morgan fingerprint density at radius 2 is 1.95 bits per heavy atom. The molecule has 0 bridgehead atoms. The van der Waals surface area contributed by atoms with Crippen LogP contribution in [-0.2, 0) is 0 Å². The molecule has 1 heterocycles. The summed E-state index contributed by atoms with van der Waals surface area (Å²) >= 11 is 0. The topological polar surface area (TPSA) is 15.3 Å². The van der Waals surface area contributed by atoms with Gasteiger partial charge in [0.25, 0.3) is 0 Å². The number of nitrogens with one attached hydrogen (secondary N) is 1. The van der Waals surface area contributed by atoms with Crippen molar-refractivity contribution in [3.05, 3.63) is 0 Å². The molecule has 0 amide bonds. The lowest BCUT2D eigenvalue weighted by molar-refractivity contribution is 0.0248. The van der Waals surface area contributed by atoms with Crippen LogP contribution in [0.15, 0.2) is 0 Å². The minimum atomic E-state index is 0.305. The van der Waals surface area contributed by atoms with Crippen LogP contribution >= 0.6 is 0 Å². The summed E-state index contributed by atoms with van der Waals surface area (Å²) in [5, 5.41) is 3.79. The molecule has 2 nitrogen and oxygen atoms in total. The monoisotopic (exact) mass is 268 g/mol. The van der Waals surface area contributed by atoms with E-state index in [1.807, 2.05) is 0 Å². The molecule has 19 heavy (non-hydrogen) atoms. The molecule has 0 saturated carbocycles. The second-order valence-electron chi connectivity index (χ2n) is 8.18. The lowest BCUT2D eigenvalue weighted by Crippen LogP contribution is -2.65. The van der Waals surface area contributed by atoms with E-state index < -0.39 is 0 Å². The van der Waals surface area contributed by atoms with Gasteiger partial charge in [-0.25, -0.2) is 0 Å². The van der Waals surface area contributed by atoms with Crippen LogP contribution in [0.3, 0.4) is 0 Å². The van der Waals surface area contributed by atoms with Gasteiger partial charge in [0.1, 0.15) is 0 Å². The standard InChI is InChI=1S/C17H36N2/c1-8-17(7)13-19(11-9-10-14(2)3)15(12-18-17)16(4,5)6/h14-15,18H,8-13H2,1-7H3. The first-order valence-corrected chi connectivity index (χ1v) is 8.17. The lowest BCUT2D eigenvalue weighted by Gasteiger charge is -2.50. The van der Waals surface area contributed by atoms with Crippen LogP contribution in [0.4, 0.5) is 0 Å². The average molecular weight is 268 g/mol. The van der Waals surface area contributed by atoms with Crippen molar-refractivity contribution in [3.63, 3.8) is 0 Å². The maximum Gasteiger partial charge on any atom is 0.0278 e. The molecule has 0 spiro atoms. The van der Waals surface area contributed by atoms with Crippen molar-refractivity contribution in [2.45, 2.75) is 79.3 Å². The summed E-state index contributed by atoms with van der Waals surface area (Å²) in [6.45, 7) is 20.1. The molecule has 1 aliphatic heterocycles. The highest BCUT2D eigenvalue weighted by Gasteiger charge is 2.39. The first-order chi connectivity index (χ1) is 8.68. The molecule has 1 N–H and O–H groups in total. The summed E-state index contributed by atoms with van der Waals surface area (Å²) in [5.74, 6) is 0.827. The Morgan fingerprint density at radius 3 is 2.42 bits per heavy atom. The summed E-state index contributed by atoms with van der Waals surface area (Å²) in [6, 6.07) is 0.666. The number of hydrogen-bond acceptors (Lipinski definition) is 2. The maximum atomic E-state index is 3.79. The Hall–Kier alpha value is -0.0800. The molecule has 0 aromatic rings. The predicted octanol–water partition coefficient (Wildman–Crippen LogP) is 3.91. The fourth-order valence-electron chi connectivity index (χ4n) is 3.11. The van der Waals surface area contributed by atoms with E-state index in [1.54, 1.807) is 0 Å². The molecule has 0 aliphatic carbocycles. The molecule has 0 aromatic carbocycles. The third-order valence-electron chi connectivity index (χ3n) is 4.72. The van der Waals surface area contributed by atoms with E-state index in [-0.39, 0.29) is 0 Å². The molecule has 114 valence electrons. The van der Waals surface area contributed by atoms with E-state index in [1.165, 1.54) is 32.4 Å². The maximum absolute atomic E-state index is 3.79. The fourth-order valence-corrected chi connectivity index (χ4v) is 3.11. The van der Waals surface area contributed by atoms with E-state index in [2.05, 4.69) is 58.7 Å². The zero-order chi connectivity index (χ0) is 14.7.